The predicted molar refractivity (Wildman–Crippen MR) is 64.7 cm³/mol. The highest BCUT2D eigenvalue weighted by molar-refractivity contribution is 5.94. The van der Waals surface area contributed by atoms with Gasteiger partial charge in [-0.05, 0) is 32.0 Å². The molecule has 0 saturated carbocycles. The molecule has 20 heavy (non-hydrogen) atoms. The third kappa shape index (κ3) is 4.19. The van der Waals surface area contributed by atoms with Crippen molar-refractivity contribution in [2.24, 2.45) is 0 Å². The van der Waals surface area contributed by atoms with E-state index in [4.69, 9.17) is 0 Å². The van der Waals surface area contributed by atoms with Crippen molar-refractivity contribution in [3.63, 3.8) is 0 Å². The molecule has 3 nitrogen and oxygen atoms in total. The Morgan fingerprint density at radius 3 is 2.30 bits per heavy atom. The third-order valence-corrected chi connectivity index (χ3v) is 2.49. The Morgan fingerprint density at radius 1 is 1.30 bits per heavy atom. The zero-order valence-corrected chi connectivity index (χ0v) is 11.3. The highest BCUT2D eigenvalue weighted by Gasteiger charge is 2.32. The van der Waals surface area contributed by atoms with Gasteiger partial charge >= 0.3 is 6.18 Å². The summed E-state index contributed by atoms with van der Waals surface area (Å²) in [5.74, 6) is -1.96. The normalized spacial score (nSPS) is 12.4. The maximum atomic E-state index is 13.5. The first kappa shape index (κ1) is 16.4. The van der Waals surface area contributed by atoms with Crippen LogP contribution in [0.5, 0.6) is 0 Å². The number of amides is 1. The molecule has 0 bridgehead atoms. The van der Waals surface area contributed by atoms with Crippen molar-refractivity contribution in [2.75, 3.05) is 13.6 Å². The zero-order valence-electron chi connectivity index (χ0n) is 11.3. The molecule has 0 aliphatic rings. The van der Waals surface area contributed by atoms with Crippen LogP contribution in [0, 0.1) is 5.82 Å². The van der Waals surface area contributed by atoms with E-state index < -0.39 is 34.6 Å². The molecule has 0 radical (unpaired) electrons. The number of carbonyl (C=O) groups excluding carboxylic acids is 1. The number of carbonyl (C=O) groups is 1. The Bertz CT molecular complexity index is 506. The van der Waals surface area contributed by atoms with Crippen LogP contribution in [-0.2, 0) is 6.18 Å². The van der Waals surface area contributed by atoms with Gasteiger partial charge < -0.3 is 10.0 Å². The molecule has 7 heteroatoms. The van der Waals surface area contributed by atoms with Crippen LogP contribution in [0.3, 0.4) is 0 Å². The number of rotatable bonds is 3. The predicted octanol–water partition coefficient (Wildman–Crippen LogP) is 2.69. The first-order valence-electron chi connectivity index (χ1n) is 5.76. The van der Waals surface area contributed by atoms with Gasteiger partial charge in [0.25, 0.3) is 5.91 Å². The standard InChI is InChI=1S/C13H15F4NO2/c1-12(2,20)7-18(3)11(19)9-6-8(13(15,16)17)4-5-10(9)14/h4-6,20H,7H2,1-3H3. The van der Waals surface area contributed by atoms with Gasteiger partial charge in [0.2, 0.25) is 0 Å². The highest BCUT2D eigenvalue weighted by atomic mass is 19.4. The molecule has 112 valence electrons. The van der Waals surface area contributed by atoms with Crippen LogP contribution in [0.2, 0.25) is 0 Å². The summed E-state index contributed by atoms with van der Waals surface area (Å²) >= 11 is 0. The molecule has 1 rings (SSSR count). The van der Waals surface area contributed by atoms with Crippen LogP contribution in [0.4, 0.5) is 17.6 Å². The molecule has 0 aliphatic carbocycles. The molecule has 0 heterocycles. The van der Waals surface area contributed by atoms with Gasteiger partial charge in [0, 0.05) is 13.6 Å². The number of alkyl halides is 3. The minimum Gasteiger partial charge on any atom is -0.389 e. The lowest BCUT2D eigenvalue weighted by molar-refractivity contribution is -0.137. The summed E-state index contributed by atoms with van der Waals surface area (Å²) in [5.41, 5.74) is -3.01. The van der Waals surface area contributed by atoms with Crippen LogP contribution >= 0.6 is 0 Å². The molecular weight excluding hydrogens is 278 g/mol. The zero-order chi connectivity index (χ0) is 15.7. The average molecular weight is 293 g/mol. The van der Waals surface area contributed by atoms with Gasteiger partial charge in [0.1, 0.15) is 5.82 Å². The summed E-state index contributed by atoms with van der Waals surface area (Å²) in [6.45, 7) is 2.72. The molecule has 1 amide bonds. The fourth-order valence-electron chi connectivity index (χ4n) is 1.72. The second kappa shape index (κ2) is 5.40. The van der Waals surface area contributed by atoms with Gasteiger partial charge in [-0.15, -0.1) is 0 Å². The smallest absolute Gasteiger partial charge is 0.389 e. The fourth-order valence-corrected chi connectivity index (χ4v) is 1.72. The Balaban J connectivity index is 3.10. The third-order valence-electron chi connectivity index (χ3n) is 2.49. The van der Waals surface area contributed by atoms with Crippen LogP contribution in [0.15, 0.2) is 18.2 Å². The molecule has 0 atom stereocenters. The maximum Gasteiger partial charge on any atom is 0.416 e. The van der Waals surface area contributed by atoms with Gasteiger partial charge in [-0.1, -0.05) is 0 Å². The van der Waals surface area contributed by atoms with Crippen molar-refractivity contribution in [1.29, 1.82) is 0 Å². The number of likely N-dealkylation sites (N-methyl/N-ethyl adjacent to an activating group) is 1. The largest absolute Gasteiger partial charge is 0.416 e. The van der Waals surface area contributed by atoms with E-state index in [1.54, 1.807) is 0 Å². The van der Waals surface area contributed by atoms with E-state index >= 15 is 0 Å². The number of hydrogen-bond acceptors (Lipinski definition) is 2. The Hall–Kier alpha value is -1.63. The molecule has 0 spiro atoms. The van der Waals surface area contributed by atoms with Gasteiger partial charge in [-0.3, -0.25) is 4.79 Å². The van der Waals surface area contributed by atoms with E-state index in [0.29, 0.717) is 18.2 Å². The van der Waals surface area contributed by atoms with Crippen LogP contribution < -0.4 is 0 Å². The molecule has 0 aliphatic heterocycles. The molecule has 0 unspecified atom stereocenters. The molecule has 1 N–H and O–H groups in total. The minimum absolute atomic E-state index is 0.137. The topological polar surface area (TPSA) is 40.5 Å². The van der Waals surface area contributed by atoms with E-state index in [1.807, 2.05) is 0 Å². The Labute approximate surface area is 113 Å². The maximum absolute atomic E-state index is 13.5. The molecule has 1 aromatic rings. The van der Waals surface area contributed by atoms with Gasteiger partial charge in [0.15, 0.2) is 0 Å². The summed E-state index contributed by atoms with van der Waals surface area (Å²) in [5, 5.41) is 9.57. The Kier molecular flexibility index (Phi) is 4.43. The summed E-state index contributed by atoms with van der Waals surface area (Å²) in [6.07, 6.45) is -4.66. The first-order chi connectivity index (χ1) is 8.92. The average Bonchev–Trinajstić information content (AvgIpc) is 2.24. The second-order valence-corrected chi connectivity index (χ2v) is 5.17. The van der Waals surface area contributed by atoms with E-state index in [1.165, 1.54) is 20.9 Å². The van der Waals surface area contributed by atoms with Gasteiger partial charge in [-0.25, -0.2) is 4.39 Å². The van der Waals surface area contributed by atoms with Gasteiger partial charge in [-0.2, -0.15) is 13.2 Å². The van der Waals surface area contributed by atoms with E-state index in [9.17, 15) is 27.5 Å². The van der Waals surface area contributed by atoms with Crippen LogP contribution in [-0.4, -0.2) is 35.1 Å². The summed E-state index contributed by atoms with van der Waals surface area (Å²) in [6, 6.07) is 1.65. The van der Waals surface area contributed by atoms with Crippen molar-refractivity contribution < 1.29 is 27.5 Å². The van der Waals surface area contributed by atoms with E-state index in [0.717, 1.165) is 4.90 Å². The number of hydrogen-bond donors (Lipinski definition) is 1. The van der Waals surface area contributed by atoms with E-state index in [2.05, 4.69) is 0 Å². The lowest BCUT2D eigenvalue weighted by Crippen LogP contribution is -2.40. The number of halogens is 4. The molecule has 0 saturated heterocycles. The fraction of sp³-hybridized carbons (Fsp3) is 0.462. The number of benzene rings is 1. The van der Waals surface area contributed by atoms with Gasteiger partial charge in [0.05, 0.1) is 16.7 Å². The molecular formula is C13H15F4NO2. The number of aliphatic hydroxyl groups is 1. The van der Waals surface area contributed by atoms with Crippen LogP contribution in [0.25, 0.3) is 0 Å². The van der Waals surface area contributed by atoms with Crippen LogP contribution in [0.1, 0.15) is 29.8 Å². The quantitative estimate of drug-likeness (QED) is 0.870. The molecule has 1 aromatic carbocycles. The summed E-state index contributed by atoms with van der Waals surface area (Å²) in [7, 11) is 1.28. The monoisotopic (exact) mass is 293 g/mol. The lowest BCUT2D eigenvalue weighted by atomic mass is 10.1. The highest BCUT2D eigenvalue weighted by Crippen LogP contribution is 2.30. The van der Waals surface area contributed by atoms with E-state index in [-0.39, 0.29) is 6.54 Å². The molecule has 0 fully saturated rings. The summed E-state index contributed by atoms with van der Waals surface area (Å²) < 4.78 is 51.2. The second-order valence-electron chi connectivity index (χ2n) is 5.17. The van der Waals surface area contributed by atoms with Crippen molar-refractivity contribution in [2.45, 2.75) is 25.6 Å². The molecule has 0 aromatic heterocycles. The SMILES string of the molecule is CN(CC(C)(C)O)C(=O)c1cc(C(F)(F)F)ccc1F. The van der Waals surface area contributed by atoms with Crippen molar-refractivity contribution in [3.05, 3.63) is 35.1 Å². The Morgan fingerprint density at radius 2 is 1.85 bits per heavy atom. The van der Waals surface area contributed by atoms with Crippen molar-refractivity contribution in [1.82, 2.24) is 4.90 Å². The minimum atomic E-state index is -4.66. The van der Waals surface area contributed by atoms with Crippen molar-refractivity contribution >= 4 is 5.91 Å². The number of nitrogens with zero attached hydrogens (tertiary/aromatic N) is 1. The van der Waals surface area contributed by atoms with Crippen molar-refractivity contribution in [3.8, 4) is 0 Å². The lowest BCUT2D eigenvalue weighted by Gasteiger charge is -2.26. The first-order valence-corrected chi connectivity index (χ1v) is 5.76. The summed E-state index contributed by atoms with van der Waals surface area (Å²) in [4.78, 5) is 12.9.